The summed E-state index contributed by atoms with van der Waals surface area (Å²) in [5.74, 6) is -1.34. The summed E-state index contributed by atoms with van der Waals surface area (Å²) in [4.78, 5) is 0. The number of nitrogens with zero attached hydrogens (tertiary/aromatic N) is 1. The molecule has 2 N–H and O–H groups in total. The van der Waals surface area contributed by atoms with Crippen LogP contribution in [0, 0.1) is 15.2 Å². The fourth-order valence-corrected chi connectivity index (χ4v) is 2.76. The third kappa shape index (κ3) is 2.63. The van der Waals surface area contributed by atoms with Crippen LogP contribution in [-0.4, -0.2) is 5.16 Å². The molecule has 0 aliphatic carbocycles. The highest BCUT2D eigenvalue weighted by molar-refractivity contribution is 14.1. The molecule has 3 nitrogen and oxygen atoms in total. The van der Waals surface area contributed by atoms with Crippen molar-refractivity contribution in [1.82, 2.24) is 5.16 Å². The van der Waals surface area contributed by atoms with Crippen LogP contribution < -0.4 is 5.73 Å². The molecule has 2 aromatic carbocycles. The predicted molar refractivity (Wildman–Crippen MR) is 84.4 cm³/mol. The molecule has 0 aliphatic rings. The molecule has 0 bridgehead atoms. The molecular formula is C15H9F2IN2O. The van der Waals surface area contributed by atoms with Crippen molar-refractivity contribution < 1.29 is 13.3 Å². The summed E-state index contributed by atoms with van der Waals surface area (Å²) >= 11 is 2.15. The van der Waals surface area contributed by atoms with E-state index in [1.54, 1.807) is 0 Å². The first-order valence-corrected chi connectivity index (χ1v) is 7.10. The number of halogens is 3. The Balaban J connectivity index is 2.25. The van der Waals surface area contributed by atoms with Gasteiger partial charge in [0.1, 0.15) is 17.3 Å². The molecule has 3 aromatic rings. The Morgan fingerprint density at radius 2 is 1.71 bits per heavy atom. The van der Waals surface area contributed by atoms with E-state index in [0.29, 0.717) is 16.8 Å². The number of benzene rings is 2. The molecule has 0 amide bonds. The summed E-state index contributed by atoms with van der Waals surface area (Å²) in [5.41, 5.74) is 7.71. The Hall–Kier alpha value is -1.96. The van der Waals surface area contributed by atoms with Crippen molar-refractivity contribution in [2.75, 3.05) is 5.73 Å². The van der Waals surface area contributed by atoms with E-state index in [0.717, 1.165) is 15.2 Å². The van der Waals surface area contributed by atoms with Crippen molar-refractivity contribution in [3.8, 4) is 22.4 Å². The van der Waals surface area contributed by atoms with Crippen LogP contribution in [0.4, 0.5) is 14.7 Å². The minimum absolute atomic E-state index is 0.0228. The first-order valence-electron chi connectivity index (χ1n) is 6.03. The van der Waals surface area contributed by atoms with Crippen LogP contribution in [-0.2, 0) is 0 Å². The van der Waals surface area contributed by atoms with Crippen molar-refractivity contribution in [3.05, 3.63) is 57.7 Å². The average Bonchev–Trinajstić information content (AvgIpc) is 2.80. The standard InChI is InChI=1S/C15H9F2IN2O/c16-9-5-8(6-10(17)7-9)13-14(20-21-15(13)19)11-3-1-2-4-12(11)18/h1-7H,19H2. The second kappa shape index (κ2) is 5.44. The van der Waals surface area contributed by atoms with Crippen LogP contribution in [0.3, 0.4) is 0 Å². The zero-order valence-electron chi connectivity index (χ0n) is 10.6. The Morgan fingerprint density at radius 1 is 1.05 bits per heavy atom. The highest BCUT2D eigenvalue weighted by Gasteiger charge is 2.20. The topological polar surface area (TPSA) is 52.0 Å². The number of nitrogens with two attached hydrogens (primary N) is 1. The summed E-state index contributed by atoms with van der Waals surface area (Å²) in [5, 5.41) is 3.93. The largest absolute Gasteiger partial charge is 0.367 e. The van der Waals surface area contributed by atoms with Gasteiger partial charge in [0.15, 0.2) is 0 Å². The molecular weight excluding hydrogens is 389 g/mol. The van der Waals surface area contributed by atoms with Gasteiger partial charge in [0.05, 0.1) is 5.56 Å². The van der Waals surface area contributed by atoms with Gasteiger partial charge in [-0.2, -0.15) is 0 Å². The molecule has 0 spiro atoms. The maximum absolute atomic E-state index is 13.4. The van der Waals surface area contributed by atoms with Crippen molar-refractivity contribution >= 4 is 28.5 Å². The summed E-state index contributed by atoms with van der Waals surface area (Å²) < 4.78 is 32.8. The van der Waals surface area contributed by atoms with Gasteiger partial charge < -0.3 is 10.3 Å². The van der Waals surface area contributed by atoms with E-state index in [1.807, 2.05) is 24.3 Å². The average molecular weight is 398 g/mol. The SMILES string of the molecule is Nc1onc(-c2ccccc2I)c1-c1cc(F)cc(F)c1. The number of hydrogen-bond acceptors (Lipinski definition) is 3. The minimum Gasteiger partial charge on any atom is -0.367 e. The van der Waals surface area contributed by atoms with Crippen molar-refractivity contribution in [2.45, 2.75) is 0 Å². The number of hydrogen-bond donors (Lipinski definition) is 1. The van der Waals surface area contributed by atoms with E-state index in [9.17, 15) is 8.78 Å². The van der Waals surface area contributed by atoms with Gasteiger partial charge >= 0.3 is 0 Å². The van der Waals surface area contributed by atoms with Crippen molar-refractivity contribution in [3.63, 3.8) is 0 Å². The smallest absolute Gasteiger partial charge is 0.230 e. The monoisotopic (exact) mass is 398 g/mol. The van der Waals surface area contributed by atoms with Gasteiger partial charge in [-0.05, 0) is 46.4 Å². The molecule has 3 rings (SSSR count). The predicted octanol–water partition coefficient (Wildman–Crippen LogP) is 4.47. The molecule has 0 saturated heterocycles. The lowest BCUT2D eigenvalue weighted by Crippen LogP contribution is -1.91. The highest BCUT2D eigenvalue weighted by atomic mass is 127. The maximum atomic E-state index is 13.4. The molecule has 0 saturated carbocycles. The van der Waals surface area contributed by atoms with Gasteiger partial charge in [-0.25, -0.2) is 8.78 Å². The Morgan fingerprint density at radius 3 is 2.38 bits per heavy atom. The first kappa shape index (κ1) is 14.0. The summed E-state index contributed by atoms with van der Waals surface area (Å²) in [6, 6.07) is 10.7. The molecule has 0 unspecified atom stereocenters. The zero-order valence-corrected chi connectivity index (χ0v) is 12.8. The second-order valence-corrected chi connectivity index (χ2v) is 5.57. The maximum Gasteiger partial charge on any atom is 0.230 e. The lowest BCUT2D eigenvalue weighted by atomic mass is 10.0. The van der Waals surface area contributed by atoms with E-state index in [4.69, 9.17) is 10.3 Å². The van der Waals surface area contributed by atoms with E-state index < -0.39 is 11.6 Å². The third-order valence-electron chi connectivity index (χ3n) is 3.00. The first-order chi connectivity index (χ1) is 10.1. The van der Waals surface area contributed by atoms with Gasteiger partial charge in [0.25, 0.3) is 0 Å². The Bertz CT molecular complexity index is 797. The van der Waals surface area contributed by atoms with Gasteiger partial charge in [-0.15, -0.1) is 0 Å². The van der Waals surface area contributed by atoms with Crippen LogP contribution in [0.1, 0.15) is 0 Å². The molecule has 1 heterocycles. The Labute approximate surface area is 132 Å². The summed E-state index contributed by atoms with van der Waals surface area (Å²) in [6.45, 7) is 0. The fourth-order valence-electron chi connectivity index (χ4n) is 2.12. The lowest BCUT2D eigenvalue weighted by Gasteiger charge is -2.05. The van der Waals surface area contributed by atoms with Crippen molar-refractivity contribution in [2.24, 2.45) is 0 Å². The van der Waals surface area contributed by atoms with Gasteiger partial charge in [0, 0.05) is 15.2 Å². The Kier molecular flexibility index (Phi) is 3.62. The third-order valence-corrected chi connectivity index (χ3v) is 3.94. The summed E-state index contributed by atoms with van der Waals surface area (Å²) in [6.07, 6.45) is 0. The number of aromatic nitrogens is 1. The van der Waals surface area contributed by atoms with Crippen LogP contribution in [0.2, 0.25) is 0 Å². The van der Waals surface area contributed by atoms with Gasteiger partial charge in [0.2, 0.25) is 5.88 Å². The molecule has 0 atom stereocenters. The highest BCUT2D eigenvalue weighted by Crippen LogP contribution is 2.38. The molecule has 21 heavy (non-hydrogen) atoms. The minimum atomic E-state index is -0.681. The molecule has 106 valence electrons. The number of anilines is 1. The van der Waals surface area contributed by atoms with Crippen LogP contribution in [0.25, 0.3) is 22.4 Å². The lowest BCUT2D eigenvalue weighted by molar-refractivity contribution is 0.439. The van der Waals surface area contributed by atoms with Crippen LogP contribution in [0.5, 0.6) is 0 Å². The van der Waals surface area contributed by atoms with Crippen molar-refractivity contribution in [1.29, 1.82) is 0 Å². The van der Waals surface area contributed by atoms with E-state index >= 15 is 0 Å². The molecule has 1 aromatic heterocycles. The van der Waals surface area contributed by atoms with Gasteiger partial charge in [-0.1, -0.05) is 23.4 Å². The van der Waals surface area contributed by atoms with Crippen LogP contribution >= 0.6 is 22.6 Å². The van der Waals surface area contributed by atoms with E-state index in [2.05, 4.69) is 27.7 Å². The number of rotatable bonds is 2. The van der Waals surface area contributed by atoms with E-state index in [1.165, 1.54) is 12.1 Å². The summed E-state index contributed by atoms with van der Waals surface area (Å²) in [7, 11) is 0. The molecule has 0 aliphatic heterocycles. The zero-order chi connectivity index (χ0) is 15.0. The molecule has 0 fully saturated rings. The fraction of sp³-hybridized carbons (Fsp3) is 0. The number of nitrogen functional groups attached to an aromatic ring is 1. The molecule has 0 radical (unpaired) electrons. The quantitative estimate of drug-likeness (QED) is 0.648. The molecule has 6 heteroatoms. The second-order valence-electron chi connectivity index (χ2n) is 4.41. The van der Waals surface area contributed by atoms with Gasteiger partial charge in [-0.3, -0.25) is 0 Å². The normalized spacial score (nSPS) is 10.8. The van der Waals surface area contributed by atoms with E-state index in [-0.39, 0.29) is 5.88 Å². The van der Waals surface area contributed by atoms with Crippen LogP contribution in [0.15, 0.2) is 47.0 Å².